The molecule has 0 unspecified atom stereocenters. The Hall–Kier alpha value is -1.00. The van der Waals surface area contributed by atoms with E-state index in [1.54, 1.807) is 0 Å². The third kappa shape index (κ3) is 1.22. The summed E-state index contributed by atoms with van der Waals surface area (Å²) in [6.07, 6.45) is 0. The first kappa shape index (κ1) is 9.55. The van der Waals surface area contributed by atoms with Gasteiger partial charge in [-0.05, 0) is 13.0 Å². The monoisotopic (exact) mass is 200 g/mol. The Morgan fingerprint density at radius 2 is 2.00 bits per heavy atom. The van der Waals surface area contributed by atoms with E-state index < -0.39 is 17.2 Å². The van der Waals surface area contributed by atoms with E-state index >= 15 is 0 Å². The van der Waals surface area contributed by atoms with E-state index in [9.17, 15) is 13.9 Å². The van der Waals surface area contributed by atoms with Crippen molar-refractivity contribution >= 4 is 0 Å². The largest absolute Gasteiger partial charge is 0.380 e. The highest BCUT2D eigenvalue weighted by atomic mass is 19.1. The van der Waals surface area contributed by atoms with Crippen LogP contribution in [0.1, 0.15) is 11.1 Å². The quantitative estimate of drug-likeness (QED) is 0.744. The first-order valence-corrected chi connectivity index (χ1v) is 4.30. The lowest BCUT2D eigenvalue weighted by molar-refractivity contribution is -0.186. The van der Waals surface area contributed by atoms with Crippen molar-refractivity contribution in [3.05, 3.63) is 34.9 Å². The summed E-state index contributed by atoms with van der Waals surface area (Å²) >= 11 is 0. The minimum absolute atomic E-state index is 0.0645. The molecule has 1 aliphatic rings. The molecule has 0 radical (unpaired) electrons. The molecule has 0 amide bonds. The summed E-state index contributed by atoms with van der Waals surface area (Å²) in [6, 6.07) is 2.42. The van der Waals surface area contributed by atoms with E-state index in [2.05, 4.69) is 0 Å². The lowest BCUT2D eigenvalue weighted by Gasteiger charge is -2.37. The van der Waals surface area contributed by atoms with Gasteiger partial charge in [-0.3, -0.25) is 0 Å². The second-order valence-corrected chi connectivity index (χ2v) is 3.56. The fourth-order valence-corrected chi connectivity index (χ4v) is 1.47. The first-order chi connectivity index (χ1) is 6.54. The Balaban J connectivity index is 2.49. The van der Waals surface area contributed by atoms with Gasteiger partial charge in [0.1, 0.15) is 17.2 Å². The summed E-state index contributed by atoms with van der Waals surface area (Å²) in [5.74, 6) is -1.29. The van der Waals surface area contributed by atoms with Gasteiger partial charge in [-0.2, -0.15) is 0 Å². The number of ether oxygens (including phenoxy) is 1. The molecule has 1 fully saturated rings. The predicted molar refractivity (Wildman–Crippen MR) is 45.8 cm³/mol. The number of rotatable bonds is 1. The van der Waals surface area contributed by atoms with E-state index in [-0.39, 0.29) is 24.3 Å². The number of hydrogen-bond donors (Lipinski definition) is 1. The molecule has 1 N–H and O–H groups in total. The van der Waals surface area contributed by atoms with Crippen LogP contribution in [0.4, 0.5) is 8.78 Å². The van der Waals surface area contributed by atoms with Crippen molar-refractivity contribution in [2.24, 2.45) is 0 Å². The van der Waals surface area contributed by atoms with E-state index in [0.29, 0.717) is 0 Å². The van der Waals surface area contributed by atoms with Crippen LogP contribution in [-0.2, 0) is 10.3 Å². The average molecular weight is 200 g/mol. The van der Waals surface area contributed by atoms with Gasteiger partial charge < -0.3 is 9.84 Å². The maximum absolute atomic E-state index is 13.5. The highest BCUT2D eigenvalue weighted by Crippen LogP contribution is 2.32. The van der Waals surface area contributed by atoms with Crippen LogP contribution < -0.4 is 0 Å². The standard InChI is InChI=1S/C10H10F2O2/c1-6-8(11)3-2-7(9(6)12)10(13)4-14-5-10/h2-3,13H,4-5H2,1H3. The molecule has 0 bridgehead atoms. The van der Waals surface area contributed by atoms with Crippen LogP contribution >= 0.6 is 0 Å². The van der Waals surface area contributed by atoms with E-state index in [0.717, 1.165) is 6.07 Å². The number of hydrogen-bond acceptors (Lipinski definition) is 2. The zero-order valence-corrected chi connectivity index (χ0v) is 7.68. The maximum atomic E-state index is 13.5. The molecule has 1 aromatic carbocycles. The molecule has 1 aromatic rings. The normalized spacial score (nSPS) is 19.1. The van der Waals surface area contributed by atoms with Gasteiger partial charge in [0, 0.05) is 11.1 Å². The van der Waals surface area contributed by atoms with Crippen molar-refractivity contribution in [1.82, 2.24) is 0 Å². The molecule has 0 atom stereocenters. The second-order valence-electron chi connectivity index (χ2n) is 3.56. The molecule has 1 aliphatic heterocycles. The van der Waals surface area contributed by atoms with Crippen LogP contribution in [0.15, 0.2) is 12.1 Å². The van der Waals surface area contributed by atoms with Gasteiger partial charge in [-0.15, -0.1) is 0 Å². The molecule has 1 heterocycles. The summed E-state index contributed by atoms with van der Waals surface area (Å²) in [5.41, 5.74) is -1.23. The lowest BCUT2D eigenvalue weighted by Crippen LogP contribution is -2.47. The topological polar surface area (TPSA) is 29.5 Å². The fraction of sp³-hybridized carbons (Fsp3) is 0.400. The van der Waals surface area contributed by atoms with Gasteiger partial charge in [0.2, 0.25) is 0 Å². The molecule has 4 heteroatoms. The Morgan fingerprint density at radius 1 is 1.36 bits per heavy atom. The van der Waals surface area contributed by atoms with E-state index in [4.69, 9.17) is 4.74 Å². The summed E-state index contributed by atoms with van der Waals surface area (Å²) in [4.78, 5) is 0. The van der Waals surface area contributed by atoms with Gasteiger partial charge in [-0.1, -0.05) is 6.07 Å². The van der Waals surface area contributed by atoms with Crippen molar-refractivity contribution in [3.63, 3.8) is 0 Å². The Kier molecular flexibility index (Phi) is 2.05. The van der Waals surface area contributed by atoms with E-state index in [1.807, 2.05) is 0 Å². The van der Waals surface area contributed by atoms with Crippen LogP contribution in [0.2, 0.25) is 0 Å². The van der Waals surface area contributed by atoms with Crippen molar-refractivity contribution in [2.45, 2.75) is 12.5 Å². The molecule has 2 nitrogen and oxygen atoms in total. The van der Waals surface area contributed by atoms with Gasteiger partial charge in [-0.25, -0.2) is 8.78 Å². The third-order valence-electron chi connectivity index (χ3n) is 2.50. The molecule has 2 rings (SSSR count). The second kappa shape index (κ2) is 3.00. The molecule has 14 heavy (non-hydrogen) atoms. The molecule has 76 valence electrons. The number of benzene rings is 1. The van der Waals surface area contributed by atoms with Gasteiger partial charge in [0.05, 0.1) is 13.2 Å². The molecule has 0 spiro atoms. The fourth-order valence-electron chi connectivity index (χ4n) is 1.47. The average Bonchev–Trinajstić information content (AvgIpc) is 2.11. The van der Waals surface area contributed by atoms with Gasteiger partial charge >= 0.3 is 0 Å². The molecule has 0 aromatic heterocycles. The van der Waals surface area contributed by atoms with Crippen molar-refractivity contribution in [3.8, 4) is 0 Å². The predicted octanol–water partition coefficient (Wildman–Crippen LogP) is 1.49. The van der Waals surface area contributed by atoms with Crippen LogP contribution in [0, 0.1) is 18.6 Å². The molecular weight excluding hydrogens is 190 g/mol. The zero-order valence-electron chi connectivity index (χ0n) is 7.68. The summed E-state index contributed by atoms with van der Waals surface area (Å²) in [6.45, 7) is 1.47. The highest BCUT2D eigenvalue weighted by Gasteiger charge is 2.40. The highest BCUT2D eigenvalue weighted by molar-refractivity contribution is 5.32. The Morgan fingerprint density at radius 3 is 2.50 bits per heavy atom. The van der Waals surface area contributed by atoms with Gasteiger partial charge in [0.15, 0.2) is 0 Å². The zero-order chi connectivity index (χ0) is 10.3. The van der Waals surface area contributed by atoms with Crippen molar-refractivity contribution in [2.75, 3.05) is 13.2 Å². The molecule has 0 aliphatic carbocycles. The number of aliphatic hydroxyl groups is 1. The van der Waals surface area contributed by atoms with Crippen LogP contribution in [0.3, 0.4) is 0 Å². The van der Waals surface area contributed by atoms with Gasteiger partial charge in [0.25, 0.3) is 0 Å². The number of halogens is 2. The smallest absolute Gasteiger partial charge is 0.139 e. The third-order valence-corrected chi connectivity index (χ3v) is 2.50. The Labute approximate surface area is 80.1 Å². The molecule has 1 saturated heterocycles. The molecule has 0 saturated carbocycles. The summed E-state index contributed by atoms with van der Waals surface area (Å²) in [5, 5.41) is 9.79. The summed E-state index contributed by atoms with van der Waals surface area (Å²) in [7, 11) is 0. The van der Waals surface area contributed by atoms with Crippen molar-refractivity contribution < 1.29 is 18.6 Å². The van der Waals surface area contributed by atoms with Crippen LogP contribution in [-0.4, -0.2) is 18.3 Å². The van der Waals surface area contributed by atoms with Crippen molar-refractivity contribution in [1.29, 1.82) is 0 Å². The SMILES string of the molecule is Cc1c(F)ccc(C2(O)COC2)c1F. The summed E-state index contributed by atoms with van der Waals surface area (Å²) < 4.78 is 31.2. The Bertz CT molecular complexity index is 373. The lowest BCUT2D eigenvalue weighted by atomic mass is 9.90. The molecular formula is C10H10F2O2. The maximum Gasteiger partial charge on any atom is 0.139 e. The minimum atomic E-state index is -1.28. The first-order valence-electron chi connectivity index (χ1n) is 4.30. The van der Waals surface area contributed by atoms with Crippen LogP contribution in [0.25, 0.3) is 0 Å². The van der Waals surface area contributed by atoms with E-state index in [1.165, 1.54) is 13.0 Å². The van der Waals surface area contributed by atoms with Crippen LogP contribution in [0.5, 0.6) is 0 Å². The minimum Gasteiger partial charge on any atom is -0.380 e.